The van der Waals surface area contributed by atoms with Gasteiger partial charge in [0.2, 0.25) is 0 Å². The number of piperazine rings is 1. The number of benzene rings is 1. The van der Waals surface area contributed by atoms with Crippen molar-refractivity contribution in [2.24, 2.45) is 0 Å². The molecule has 3 atom stereocenters. The highest BCUT2D eigenvalue weighted by atomic mass is 19.4. The highest BCUT2D eigenvalue weighted by Crippen LogP contribution is 2.36. The van der Waals surface area contributed by atoms with Gasteiger partial charge in [-0.3, -0.25) is 4.90 Å². The van der Waals surface area contributed by atoms with E-state index in [1.807, 2.05) is 20.0 Å². The second-order valence-corrected chi connectivity index (χ2v) is 9.94. The maximum Gasteiger partial charge on any atom is 0.416 e. The number of hydrogen-bond acceptors (Lipinski definition) is 6. The Bertz CT molecular complexity index is 1240. The van der Waals surface area contributed by atoms with Crippen molar-refractivity contribution >= 4 is 22.4 Å². The first kappa shape index (κ1) is 23.8. The van der Waals surface area contributed by atoms with Crippen LogP contribution in [0.5, 0.6) is 0 Å². The molecular weight excluding hydrogens is 453 g/mol. The molecule has 9 heteroatoms. The molecule has 6 nitrogen and oxygen atoms in total. The molecule has 0 saturated carbocycles. The van der Waals surface area contributed by atoms with E-state index in [-0.39, 0.29) is 5.56 Å². The molecule has 2 aromatic heterocycles. The number of halogens is 3. The molecule has 1 aromatic carbocycles. The fourth-order valence-corrected chi connectivity index (χ4v) is 5.66. The summed E-state index contributed by atoms with van der Waals surface area (Å²) in [7, 11) is 2.20. The number of anilines is 2. The topological polar surface area (TPSA) is 57.2 Å². The minimum atomic E-state index is -4.39. The fraction of sp³-hybridized carbons (Fsp3) is 0.500. The summed E-state index contributed by atoms with van der Waals surface area (Å²) in [6.45, 7) is 7.22. The molecule has 2 bridgehead atoms. The van der Waals surface area contributed by atoms with Crippen molar-refractivity contribution in [1.29, 1.82) is 0 Å². The lowest BCUT2D eigenvalue weighted by Gasteiger charge is -2.43. The Labute approximate surface area is 203 Å². The predicted molar refractivity (Wildman–Crippen MR) is 132 cm³/mol. The number of aromatic nitrogens is 3. The number of pyridine rings is 1. The summed E-state index contributed by atoms with van der Waals surface area (Å²) in [5.74, 6) is 1.47. The van der Waals surface area contributed by atoms with Gasteiger partial charge >= 0.3 is 6.18 Å². The standard InChI is InChI=1S/C26H31F3N6/c1-15-20(9-6-10-23(15)26(27,28)29)16(2)31-25-21-11-24(30-12-22(21)17(3)32-33-25)35-14-18-7-5-8-19(35)13-34(18)4/h6,9-12,16,18-19H,5,7-8,13-14H2,1-4H3,(H,31,33)/t16-,18-,19-/m1/s1. The van der Waals surface area contributed by atoms with Gasteiger partial charge in [-0.25, -0.2) is 4.98 Å². The molecular formula is C26H31F3N6. The summed E-state index contributed by atoms with van der Waals surface area (Å²) in [6.07, 6.45) is 1.02. The number of nitrogens with one attached hydrogen (secondary N) is 1. The zero-order valence-corrected chi connectivity index (χ0v) is 20.5. The Hall–Kier alpha value is -2.94. The van der Waals surface area contributed by atoms with Crippen molar-refractivity contribution in [3.63, 3.8) is 0 Å². The van der Waals surface area contributed by atoms with Crippen LogP contribution >= 0.6 is 0 Å². The molecule has 3 aromatic rings. The van der Waals surface area contributed by atoms with E-state index in [1.54, 1.807) is 6.07 Å². The van der Waals surface area contributed by atoms with Crippen molar-refractivity contribution < 1.29 is 13.2 Å². The van der Waals surface area contributed by atoms with Gasteiger partial charge in [0.05, 0.1) is 17.3 Å². The van der Waals surface area contributed by atoms with Crippen LogP contribution in [0, 0.1) is 13.8 Å². The van der Waals surface area contributed by atoms with Crippen LogP contribution in [0.4, 0.5) is 24.8 Å². The Balaban J connectivity index is 1.50. The molecule has 3 aliphatic heterocycles. The fourth-order valence-electron chi connectivity index (χ4n) is 5.66. The molecule has 0 spiro atoms. The van der Waals surface area contributed by atoms with Crippen LogP contribution in [0.1, 0.15) is 54.6 Å². The van der Waals surface area contributed by atoms with Crippen LogP contribution in [0.25, 0.3) is 10.8 Å². The number of fused-ring (bicyclic) bond motifs is 5. The zero-order valence-electron chi connectivity index (χ0n) is 20.5. The van der Waals surface area contributed by atoms with Gasteiger partial charge in [0.25, 0.3) is 0 Å². The highest BCUT2D eigenvalue weighted by Gasteiger charge is 2.36. The van der Waals surface area contributed by atoms with Crippen molar-refractivity contribution in [2.45, 2.75) is 64.3 Å². The van der Waals surface area contributed by atoms with Crippen LogP contribution in [-0.4, -0.2) is 52.3 Å². The van der Waals surface area contributed by atoms with E-state index in [0.717, 1.165) is 47.9 Å². The molecule has 0 amide bonds. The number of aryl methyl sites for hydroxylation is 1. The molecule has 5 heterocycles. The first-order chi connectivity index (χ1) is 16.6. The van der Waals surface area contributed by atoms with Gasteiger partial charge < -0.3 is 10.2 Å². The summed E-state index contributed by atoms with van der Waals surface area (Å²) in [6, 6.07) is 6.91. The molecule has 1 N–H and O–H groups in total. The minimum absolute atomic E-state index is 0.219. The summed E-state index contributed by atoms with van der Waals surface area (Å²) in [5.41, 5.74) is 0.953. The third-order valence-electron chi connectivity index (χ3n) is 7.67. The van der Waals surface area contributed by atoms with E-state index < -0.39 is 17.8 Å². The second-order valence-electron chi connectivity index (χ2n) is 9.94. The monoisotopic (exact) mass is 484 g/mol. The third-order valence-corrected chi connectivity index (χ3v) is 7.67. The maximum absolute atomic E-state index is 13.5. The predicted octanol–water partition coefficient (Wildman–Crippen LogP) is 5.51. The molecule has 3 saturated heterocycles. The first-order valence-corrected chi connectivity index (χ1v) is 12.2. The van der Waals surface area contributed by atoms with Gasteiger partial charge in [0.15, 0.2) is 5.82 Å². The van der Waals surface area contributed by atoms with Crippen LogP contribution in [0.15, 0.2) is 30.5 Å². The summed E-state index contributed by atoms with van der Waals surface area (Å²) in [4.78, 5) is 9.66. The maximum atomic E-state index is 13.5. The lowest BCUT2D eigenvalue weighted by atomic mass is 9.97. The Morgan fingerprint density at radius 3 is 2.60 bits per heavy atom. The normalized spacial score (nSPS) is 21.9. The van der Waals surface area contributed by atoms with Gasteiger partial charge in [0, 0.05) is 42.1 Å². The van der Waals surface area contributed by atoms with Gasteiger partial charge in [0.1, 0.15) is 5.82 Å². The average molecular weight is 485 g/mol. The highest BCUT2D eigenvalue weighted by molar-refractivity contribution is 5.94. The van der Waals surface area contributed by atoms with E-state index in [9.17, 15) is 13.2 Å². The molecule has 0 radical (unpaired) electrons. The summed E-state index contributed by atoms with van der Waals surface area (Å²) in [5, 5.41) is 13.8. The minimum Gasteiger partial charge on any atom is -0.362 e. The van der Waals surface area contributed by atoms with Gasteiger partial charge in [-0.15, -0.1) is 5.10 Å². The first-order valence-electron chi connectivity index (χ1n) is 12.2. The molecule has 0 unspecified atom stereocenters. The SMILES string of the molecule is Cc1c([C@@H](C)Nc2nnc(C)c3cnc(N4C[C@H]5CCC[C@@H]4CN5C)cc23)cccc1C(F)(F)F. The number of nitrogens with zero attached hydrogens (tertiary/aromatic N) is 5. The summed E-state index contributed by atoms with van der Waals surface area (Å²) >= 11 is 0. The Morgan fingerprint density at radius 1 is 1.06 bits per heavy atom. The van der Waals surface area contributed by atoms with Gasteiger partial charge in [-0.2, -0.15) is 18.3 Å². The molecule has 6 rings (SSSR count). The zero-order chi connectivity index (χ0) is 24.9. The van der Waals surface area contributed by atoms with Crippen LogP contribution in [-0.2, 0) is 6.18 Å². The van der Waals surface area contributed by atoms with Crippen molar-refractivity contribution in [3.8, 4) is 0 Å². The molecule has 3 fully saturated rings. The second kappa shape index (κ2) is 8.93. The Kier molecular flexibility index (Phi) is 6.07. The van der Waals surface area contributed by atoms with Crippen LogP contribution < -0.4 is 10.2 Å². The Morgan fingerprint density at radius 2 is 1.83 bits per heavy atom. The lowest BCUT2D eigenvalue weighted by Crippen LogP contribution is -2.55. The van der Waals surface area contributed by atoms with Crippen LogP contribution in [0.2, 0.25) is 0 Å². The number of likely N-dealkylation sites (N-methyl/N-ethyl adjacent to an activating group) is 1. The van der Waals surface area contributed by atoms with Gasteiger partial charge in [-0.05, 0) is 70.3 Å². The quantitative estimate of drug-likeness (QED) is 0.527. The largest absolute Gasteiger partial charge is 0.416 e. The van der Waals surface area contributed by atoms with Gasteiger partial charge in [-0.1, -0.05) is 12.1 Å². The number of rotatable bonds is 4. The van der Waals surface area contributed by atoms with E-state index in [2.05, 4.69) is 38.4 Å². The molecule has 3 aliphatic rings. The smallest absolute Gasteiger partial charge is 0.362 e. The van der Waals surface area contributed by atoms with E-state index >= 15 is 0 Å². The number of alkyl halides is 3. The summed E-state index contributed by atoms with van der Waals surface area (Å²) < 4.78 is 40.4. The van der Waals surface area contributed by atoms with Crippen molar-refractivity contribution in [3.05, 3.63) is 52.8 Å². The van der Waals surface area contributed by atoms with E-state index in [4.69, 9.17) is 4.98 Å². The lowest BCUT2D eigenvalue weighted by molar-refractivity contribution is -0.138. The van der Waals surface area contributed by atoms with E-state index in [0.29, 0.717) is 23.5 Å². The van der Waals surface area contributed by atoms with Crippen LogP contribution in [0.3, 0.4) is 0 Å². The van der Waals surface area contributed by atoms with E-state index in [1.165, 1.54) is 25.8 Å². The van der Waals surface area contributed by atoms with Crippen molar-refractivity contribution in [2.75, 3.05) is 30.4 Å². The molecule has 35 heavy (non-hydrogen) atoms. The number of hydrogen-bond donors (Lipinski definition) is 1. The third kappa shape index (κ3) is 4.42. The molecule has 0 aliphatic carbocycles. The molecule has 186 valence electrons. The average Bonchev–Trinajstić information content (AvgIpc) is 3.13. The van der Waals surface area contributed by atoms with Crippen molar-refractivity contribution in [1.82, 2.24) is 20.1 Å².